The highest BCUT2D eigenvalue weighted by molar-refractivity contribution is 6.30. The lowest BCUT2D eigenvalue weighted by Gasteiger charge is -2.25. The third-order valence-electron chi connectivity index (χ3n) is 4.09. The quantitative estimate of drug-likeness (QED) is 0.768. The second-order valence-corrected chi connectivity index (χ2v) is 6.11. The summed E-state index contributed by atoms with van der Waals surface area (Å²) in [4.78, 5) is 2.58. The molecule has 0 radical (unpaired) electrons. The summed E-state index contributed by atoms with van der Waals surface area (Å²) in [7, 11) is 0. The Morgan fingerprint density at radius 2 is 1.95 bits per heavy atom. The minimum Gasteiger partial charge on any atom is -0.292 e. The largest absolute Gasteiger partial charge is 0.292 e. The minimum atomic E-state index is 0.535. The molecule has 104 valence electrons. The summed E-state index contributed by atoms with van der Waals surface area (Å²) >= 11 is 5.99. The van der Waals surface area contributed by atoms with Crippen molar-refractivity contribution in [1.29, 1.82) is 0 Å². The molecule has 0 unspecified atom stereocenters. The van der Waals surface area contributed by atoms with Crippen molar-refractivity contribution in [2.24, 2.45) is 0 Å². The van der Waals surface area contributed by atoms with Gasteiger partial charge in [-0.2, -0.15) is 0 Å². The van der Waals surface area contributed by atoms with Crippen LogP contribution in [-0.4, -0.2) is 11.4 Å². The molecule has 2 heteroatoms. The fraction of sp³-hybridized carbons (Fsp3) is 0.333. The van der Waals surface area contributed by atoms with E-state index in [-0.39, 0.29) is 0 Å². The Labute approximate surface area is 126 Å². The average molecular weight is 286 g/mol. The van der Waals surface area contributed by atoms with Crippen molar-refractivity contribution in [2.45, 2.75) is 32.4 Å². The number of hydrogen-bond acceptors (Lipinski definition) is 1. The highest BCUT2D eigenvalue weighted by Gasteiger charge is 2.25. The van der Waals surface area contributed by atoms with Crippen LogP contribution in [0.15, 0.2) is 48.5 Å². The topological polar surface area (TPSA) is 3.24 Å². The number of likely N-dealkylation sites (tertiary alicyclic amines) is 1. The molecule has 3 rings (SSSR count). The van der Waals surface area contributed by atoms with E-state index < -0.39 is 0 Å². The SMILES string of the molecule is Cc1cccc(CN2CCC[C@@H]2c2ccc(Cl)cc2)c1. The first kappa shape index (κ1) is 13.7. The first-order valence-corrected chi connectivity index (χ1v) is 7.65. The number of aryl methyl sites for hydroxylation is 1. The van der Waals surface area contributed by atoms with Crippen LogP contribution in [0.1, 0.15) is 35.6 Å². The van der Waals surface area contributed by atoms with E-state index in [4.69, 9.17) is 11.6 Å². The summed E-state index contributed by atoms with van der Waals surface area (Å²) in [5.41, 5.74) is 4.13. The fourth-order valence-corrected chi connectivity index (χ4v) is 3.25. The van der Waals surface area contributed by atoms with Gasteiger partial charge in [-0.3, -0.25) is 4.90 Å². The van der Waals surface area contributed by atoms with Crippen LogP contribution in [0.3, 0.4) is 0 Å². The lowest BCUT2D eigenvalue weighted by molar-refractivity contribution is 0.248. The summed E-state index contributed by atoms with van der Waals surface area (Å²) in [5.74, 6) is 0. The van der Waals surface area contributed by atoms with Gasteiger partial charge in [0.1, 0.15) is 0 Å². The molecule has 0 aliphatic carbocycles. The van der Waals surface area contributed by atoms with Crippen LogP contribution in [0, 0.1) is 6.92 Å². The predicted molar refractivity (Wildman–Crippen MR) is 85.0 cm³/mol. The van der Waals surface area contributed by atoms with Crippen molar-refractivity contribution < 1.29 is 0 Å². The van der Waals surface area contributed by atoms with Crippen LogP contribution >= 0.6 is 11.6 Å². The number of benzene rings is 2. The lowest BCUT2D eigenvalue weighted by Crippen LogP contribution is -2.22. The highest BCUT2D eigenvalue weighted by atomic mass is 35.5. The Kier molecular flexibility index (Phi) is 4.09. The zero-order valence-electron chi connectivity index (χ0n) is 11.8. The van der Waals surface area contributed by atoms with Gasteiger partial charge in [0.15, 0.2) is 0 Å². The van der Waals surface area contributed by atoms with Gasteiger partial charge >= 0.3 is 0 Å². The molecular formula is C18H20ClN. The summed E-state index contributed by atoms with van der Waals surface area (Å²) in [6.07, 6.45) is 2.52. The van der Waals surface area contributed by atoms with Gasteiger partial charge in [0.05, 0.1) is 0 Å². The van der Waals surface area contributed by atoms with Crippen LogP contribution in [-0.2, 0) is 6.54 Å². The van der Waals surface area contributed by atoms with Crippen molar-refractivity contribution in [3.63, 3.8) is 0 Å². The number of nitrogens with zero attached hydrogens (tertiary/aromatic N) is 1. The van der Waals surface area contributed by atoms with Gasteiger partial charge in [0, 0.05) is 17.6 Å². The first-order chi connectivity index (χ1) is 9.72. The lowest BCUT2D eigenvalue weighted by atomic mass is 10.0. The Morgan fingerprint density at radius 3 is 2.70 bits per heavy atom. The van der Waals surface area contributed by atoms with Crippen LogP contribution in [0.25, 0.3) is 0 Å². The van der Waals surface area contributed by atoms with Gasteiger partial charge in [-0.05, 0) is 49.6 Å². The third kappa shape index (κ3) is 3.05. The predicted octanol–water partition coefficient (Wildman–Crippen LogP) is 4.99. The molecular weight excluding hydrogens is 266 g/mol. The molecule has 1 heterocycles. The average Bonchev–Trinajstić information content (AvgIpc) is 2.88. The van der Waals surface area contributed by atoms with Gasteiger partial charge in [0.2, 0.25) is 0 Å². The van der Waals surface area contributed by atoms with E-state index >= 15 is 0 Å². The molecule has 2 aromatic rings. The summed E-state index contributed by atoms with van der Waals surface area (Å²) in [6, 6.07) is 17.7. The van der Waals surface area contributed by atoms with E-state index in [0.717, 1.165) is 11.6 Å². The summed E-state index contributed by atoms with van der Waals surface area (Å²) in [6.45, 7) is 4.38. The van der Waals surface area contributed by atoms with Gasteiger partial charge < -0.3 is 0 Å². The zero-order chi connectivity index (χ0) is 13.9. The maximum atomic E-state index is 5.99. The van der Waals surface area contributed by atoms with Crippen molar-refractivity contribution in [3.05, 3.63) is 70.2 Å². The number of hydrogen-bond donors (Lipinski definition) is 0. The Balaban J connectivity index is 1.77. The van der Waals surface area contributed by atoms with E-state index in [1.807, 2.05) is 12.1 Å². The third-order valence-corrected chi connectivity index (χ3v) is 4.34. The van der Waals surface area contributed by atoms with Gasteiger partial charge in [-0.25, -0.2) is 0 Å². The van der Waals surface area contributed by atoms with Gasteiger partial charge in [0.25, 0.3) is 0 Å². The van der Waals surface area contributed by atoms with Crippen molar-refractivity contribution >= 4 is 11.6 Å². The van der Waals surface area contributed by atoms with Gasteiger partial charge in [-0.1, -0.05) is 53.6 Å². The van der Waals surface area contributed by atoms with Crippen LogP contribution in [0.2, 0.25) is 5.02 Å². The standard InChI is InChI=1S/C18H20ClN/c1-14-4-2-5-15(12-14)13-20-11-3-6-18(20)16-7-9-17(19)10-8-16/h2,4-5,7-10,12,18H,3,6,11,13H2,1H3/t18-/m1/s1. The van der Waals surface area contributed by atoms with Crippen molar-refractivity contribution in [1.82, 2.24) is 4.90 Å². The van der Waals surface area contributed by atoms with Crippen LogP contribution in [0.5, 0.6) is 0 Å². The molecule has 0 bridgehead atoms. The minimum absolute atomic E-state index is 0.535. The van der Waals surface area contributed by atoms with E-state index in [1.54, 1.807) is 0 Å². The molecule has 1 aliphatic rings. The number of rotatable bonds is 3. The molecule has 0 aromatic heterocycles. The second-order valence-electron chi connectivity index (χ2n) is 5.67. The molecule has 1 fully saturated rings. The molecule has 1 atom stereocenters. The normalized spacial score (nSPS) is 19.4. The summed E-state index contributed by atoms with van der Waals surface area (Å²) < 4.78 is 0. The highest BCUT2D eigenvalue weighted by Crippen LogP contribution is 2.33. The van der Waals surface area contributed by atoms with Crippen molar-refractivity contribution in [3.8, 4) is 0 Å². The summed E-state index contributed by atoms with van der Waals surface area (Å²) in [5, 5.41) is 0.817. The first-order valence-electron chi connectivity index (χ1n) is 7.27. The van der Waals surface area contributed by atoms with Crippen LogP contribution < -0.4 is 0 Å². The molecule has 0 amide bonds. The van der Waals surface area contributed by atoms with Crippen LogP contribution in [0.4, 0.5) is 0 Å². The number of halogens is 1. The van der Waals surface area contributed by atoms with E-state index in [1.165, 1.54) is 36.1 Å². The van der Waals surface area contributed by atoms with Crippen molar-refractivity contribution in [2.75, 3.05) is 6.54 Å². The molecule has 0 N–H and O–H groups in total. The maximum absolute atomic E-state index is 5.99. The molecule has 1 aliphatic heterocycles. The molecule has 1 nitrogen and oxygen atoms in total. The second kappa shape index (κ2) is 5.99. The smallest absolute Gasteiger partial charge is 0.0406 e. The Bertz CT molecular complexity index is 576. The molecule has 2 aromatic carbocycles. The molecule has 0 saturated carbocycles. The monoisotopic (exact) mass is 285 g/mol. The fourth-order valence-electron chi connectivity index (χ4n) is 3.12. The van der Waals surface area contributed by atoms with E-state index in [0.29, 0.717) is 6.04 Å². The molecule has 20 heavy (non-hydrogen) atoms. The Hall–Kier alpha value is -1.31. The Morgan fingerprint density at radius 1 is 1.15 bits per heavy atom. The zero-order valence-corrected chi connectivity index (χ0v) is 12.6. The maximum Gasteiger partial charge on any atom is 0.0406 e. The van der Waals surface area contributed by atoms with E-state index in [9.17, 15) is 0 Å². The molecule has 0 spiro atoms. The molecule has 1 saturated heterocycles. The van der Waals surface area contributed by atoms with E-state index in [2.05, 4.69) is 48.2 Å². The van der Waals surface area contributed by atoms with Gasteiger partial charge in [-0.15, -0.1) is 0 Å².